The van der Waals surface area contributed by atoms with Crippen LogP contribution in [0.25, 0.3) is 0 Å². The van der Waals surface area contributed by atoms with E-state index in [1.807, 2.05) is 43.3 Å². The van der Waals surface area contributed by atoms with E-state index in [9.17, 15) is 9.59 Å². The molecule has 0 fully saturated rings. The van der Waals surface area contributed by atoms with Crippen molar-refractivity contribution in [3.05, 3.63) is 118 Å². The minimum absolute atomic E-state index is 0.254. The van der Waals surface area contributed by atoms with Gasteiger partial charge in [-0.3, -0.25) is 9.48 Å². The molecule has 0 bridgehead atoms. The number of amides is 1. The summed E-state index contributed by atoms with van der Waals surface area (Å²) in [5.74, 6) is -0.433. The number of hydrogen-bond donors (Lipinski definition) is 1. The first kappa shape index (κ1) is 22.9. The monoisotopic (exact) mass is 472 g/mol. The second kappa shape index (κ2) is 10.6. The number of carbonyl (C=O) groups is 2. The van der Waals surface area contributed by atoms with Crippen LogP contribution in [-0.4, -0.2) is 27.9 Å². The van der Waals surface area contributed by atoms with Gasteiger partial charge in [-0.25, -0.2) is 10.2 Å². The van der Waals surface area contributed by atoms with Crippen LogP contribution in [0.3, 0.4) is 0 Å². The minimum Gasteiger partial charge on any atom is -0.423 e. The van der Waals surface area contributed by atoms with Gasteiger partial charge < -0.3 is 4.74 Å². The molecule has 0 aliphatic carbocycles. The third-order valence-electron chi connectivity index (χ3n) is 4.89. The zero-order valence-corrected chi connectivity index (χ0v) is 19.1. The number of esters is 1. The minimum atomic E-state index is -0.427. The smallest absolute Gasteiger partial charge is 0.343 e. The van der Waals surface area contributed by atoms with Gasteiger partial charge in [-0.2, -0.15) is 10.2 Å². The lowest BCUT2D eigenvalue weighted by atomic mass is 10.1. The van der Waals surface area contributed by atoms with Crippen LogP contribution in [0, 0.1) is 6.92 Å². The van der Waals surface area contributed by atoms with Gasteiger partial charge in [0, 0.05) is 11.2 Å². The maximum absolute atomic E-state index is 12.3. The van der Waals surface area contributed by atoms with Gasteiger partial charge in [0.1, 0.15) is 5.75 Å². The summed E-state index contributed by atoms with van der Waals surface area (Å²) in [7, 11) is 0. The molecule has 170 valence electrons. The number of halogens is 1. The molecule has 0 radical (unpaired) electrons. The SMILES string of the molecule is Cc1ccc(C(=O)Oc2ccc(/C=N/NC(=O)c3ccn(Cc4ccc(Cl)cc4)n3)cc2)cc1. The van der Waals surface area contributed by atoms with Crippen LogP contribution in [0.5, 0.6) is 5.75 Å². The molecule has 7 nitrogen and oxygen atoms in total. The summed E-state index contributed by atoms with van der Waals surface area (Å²) in [5.41, 5.74) is 6.00. The molecule has 0 atom stereocenters. The maximum Gasteiger partial charge on any atom is 0.343 e. The highest BCUT2D eigenvalue weighted by atomic mass is 35.5. The number of aryl methyl sites for hydroxylation is 1. The van der Waals surface area contributed by atoms with Crippen molar-refractivity contribution in [1.82, 2.24) is 15.2 Å². The fourth-order valence-electron chi connectivity index (χ4n) is 3.05. The standard InChI is InChI=1S/C26H21ClN4O3/c1-18-2-8-21(9-3-18)26(33)34-23-12-6-19(7-13-23)16-28-29-25(32)24-14-15-31(30-24)17-20-4-10-22(27)11-5-20/h2-16H,17H2,1H3,(H,29,32)/b28-16+. The average molecular weight is 473 g/mol. The van der Waals surface area contributed by atoms with Crippen LogP contribution < -0.4 is 10.2 Å². The van der Waals surface area contributed by atoms with Gasteiger partial charge in [-0.05, 0) is 72.6 Å². The molecule has 1 heterocycles. The molecule has 1 N–H and O–H groups in total. The van der Waals surface area contributed by atoms with Gasteiger partial charge in [-0.1, -0.05) is 41.4 Å². The molecule has 0 aliphatic rings. The zero-order chi connectivity index (χ0) is 23.9. The van der Waals surface area contributed by atoms with Gasteiger partial charge in [-0.15, -0.1) is 0 Å². The summed E-state index contributed by atoms with van der Waals surface area (Å²) in [4.78, 5) is 24.5. The van der Waals surface area contributed by atoms with Crippen molar-refractivity contribution in [1.29, 1.82) is 0 Å². The van der Waals surface area contributed by atoms with Crippen molar-refractivity contribution in [2.24, 2.45) is 5.10 Å². The number of aromatic nitrogens is 2. The molecule has 34 heavy (non-hydrogen) atoms. The van der Waals surface area contributed by atoms with Gasteiger partial charge in [0.05, 0.1) is 18.3 Å². The van der Waals surface area contributed by atoms with Gasteiger partial charge >= 0.3 is 5.97 Å². The molecule has 0 saturated carbocycles. The van der Waals surface area contributed by atoms with Crippen molar-refractivity contribution in [3.8, 4) is 5.75 Å². The van der Waals surface area contributed by atoms with E-state index in [-0.39, 0.29) is 5.69 Å². The number of benzene rings is 3. The molecule has 0 saturated heterocycles. The number of hydrazone groups is 1. The van der Waals surface area contributed by atoms with E-state index in [2.05, 4.69) is 15.6 Å². The second-order valence-corrected chi connectivity index (χ2v) is 7.99. The summed E-state index contributed by atoms with van der Waals surface area (Å²) >= 11 is 5.90. The average Bonchev–Trinajstić information content (AvgIpc) is 3.31. The van der Waals surface area contributed by atoms with Crippen molar-refractivity contribution in [3.63, 3.8) is 0 Å². The third-order valence-corrected chi connectivity index (χ3v) is 5.14. The second-order valence-electron chi connectivity index (χ2n) is 7.55. The molecule has 0 unspecified atom stereocenters. The van der Waals surface area contributed by atoms with Gasteiger partial charge in [0.25, 0.3) is 5.91 Å². The molecular weight excluding hydrogens is 452 g/mol. The summed E-state index contributed by atoms with van der Waals surface area (Å²) in [6.45, 7) is 2.47. The summed E-state index contributed by atoms with van der Waals surface area (Å²) in [5, 5.41) is 8.91. The van der Waals surface area contributed by atoms with Crippen LogP contribution in [0.4, 0.5) is 0 Å². The van der Waals surface area contributed by atoms with E-state index in [1.165, 1.54) is 6.21 Å². The van der Waals surface area contributed by atoms with E-state index >= 15 is 0 Å². The summed E-state index contributed by atoms with van der Waals surface area (Å²) in [6.07, 6.45) is 3.22. The first-order chi connectivity index (χ1) is 16.5. The fourth-order valence-corrected chi connectivity index (χ4v) is 3.17. The quantitative estimate of drug-likeness (QED) is 0.180. The Bertz CT molecular complexity index is 1310. The highest BCUT2D eigenvalue weighted by molar-refractivity contribution is 6.30. The number of ether oxygens (including phenoxy) is 1. The maximum atomic E-state index is 12.3. The van der Waals surface area contributed by atoms with Gasteiger partial charge in [0.15, 0.2) is 5.69 Å². The Morgan fingerprint density at radius 2 is 1.71 bits per heavy atom. The van der Waals surface area contributed by atoms with Crippen LogP contribution in [0.15, 0.2) is 90.2 Å². The van der Waals surface area contributed by atoms with Crippen LogP contribution >= 0.6 is 11.6 Å². The third kappa shape index (κ3) is 6.17. The van der Waals surface area contributed by atoms with Crippen molar-refractivity contribution >= 4 is 29.7 Å². The Morgan fingerprint density at radius 1 is 1.00 bits per heavy atom. The predicted molar refractivity (Wildman–Crippen MR) is 130 cm³/mol. The van der Waals surface area contributed by atoms with E-state index in [4.69, 9.17) is 16.3 Å². The Labute approximate surface area is 201 Å². The zero-order valence-electron chi connectivity index (χ0n) is 18.3. The highest BCUT2D eigenvalue weighted by Gasteiger charge is 2.10. The van der Waals surface area contributed by atoms with E-state index in [0.717, 1.165) is 16.7 Å². The molecule has 1 amide bonds. The van der Waals surface area contributed by atoms with Gasteiger partial charge in [0.2, 0.25) is 0 Å². The van der Waals surface area contributed by atoms with Crippen LogP contribution in [0.2, 0.25) is 5.02 Å². The number of hydrogen-bond acceptors (Lipinski definition) is 5. The van der Waals surface area contributed by atoms with E-state index < -0.39 is 11.9 Å². The largest absolute Gasteiger partial charge is 0.423 e. The molecule has 0 spiro atoms. The number of carbonyl (C=O) groups excluding carboxylic acids is 2. The van der Waals surface area contributed by atoms with Crippen LogP contribution in [0.1, 0.15) is 37.5 Å². The Hall–Kier alpha value is -4.23. The van der Waals surface area contributed by atoms with E-state index in [1.54, 1.807) is 53.3 Å². The first-order valence-electron chi connectivity index (χ1n) is 10.5. The lowest BCUT2D eigenvalue weighted by molar-refractivity contribution is 0.0734. The highest BCUT2D eigenvalue weighted by Crippen LogP contribution is 2.14. The molecule has 4 aromatic rings. The first-order valence-corrected chi connectivity index (χ1v) is 10.8. The Balaban J connectivity index is 1.29. The summed E-state index contributed by atoms with van der Waals surface area (Å²) < 4.78 is 7.04. The molecule has 3 aromatic carbocycles. The predicted octanol–water partition coefficient (Wildman–Crippen LogP) is 4.88. The summed E-state index contributed by atoms with van der Waals surface area (Å²) in [6, 6.07) is 23.0. The van der Waals surface area contributed by atoms with Crippen molar-refractivity contribution in [2.75, 3.05) is 0 Å². The number of nitrogens with zero attached hydrogens (tertiary/aromatic N) is 3. The molecular formula is C26H21ClN4O3. The molecule has 1 aromatic heterocycles. The fraction of sp³-hybridized carbons (Fsp3) is 0.0769. The molecule has 4 rings (SSSR count). The van der Waals surface area contributed by atoms with E-state index in [0.29, 0.717) is 22.9 Å². The lowest BCUT2D eigenvalue weighted by Gasteiger charge is -2.05. The number of rotatable bonds is 7. The lowest BCUT2D eigenvalue weighted by Crippen LogP contribution is -2.18. The van der Waals surface area contributed by atoms with Crippen molar-refractivity contribution in [2.45, 2.75) is 13.5 Å². The topological polar surface area (TPSA) is 85.6 Å². The molecule has 8 heteroatoms. The Kier molecular flexibility index (Phi) is 7.15. The van der Waals surface area contributed by atoms with Crippen LogP contribution in [-0.2, 0) is 6.54 Å². The van der Waals surface area contributed by atoms with Crippen molar-refractivity contribution < 1.29 is 14.3 Å². The normalized spacial score (nSPS) is 10.9. The molecule has 0 aliphatic heterocycles. The number of nitrogens with one attached hydrogen (secondary N) is 1. The Morgan fingerprint density at radius 3 is 2.41 bits per heavy atom.